The molecule has 0 bridgehead atoms. The van der Waals surface area contributed by atoms with Gasteiger partial charge < -0.3 is 38.1 Å². The summed E-state index contributed by atoms with van der Waals surface area (Å²) in [5.41, 5.74) is 3.85. The van der Waals surface area contributed by atoms with Crippen molar-refractivity contribution in [2.24, 2.45) is 5.92 Å². The van der Waals surface area contributed by atoms with Gasteiger partial charge in [-0.3, -0.25) is 0 Å². The molecule has 4 aromatic rings. The molecule has 9 heteroatoms. The average Bonchev–Trinajstić information content (AvgIpc) is 3.20. The normalized spacial score (nSPS) is 20.5. The Morgan fingerprint density at radius 2 is 1.42 bits per heavy atom. The van der Waals surface area contributed by atoms with E-state index >= 15 is 0 Å². The van der Waals surface area contributed by atoms with Crippen LogP contribution in [0.4, 0.5) is 4.79 Å². The van der Waals surface area contributed by atoms with E-state index in [9.17, 15) is 4.79 Å². The van der Waals surface area contributed by atoms with Crippen LogP contribution in [-0.2, 0) is 53.0 Å². The smallest absolute Gasteiger partial charge is 0.410 e. The van der Waals surface area contributed by atoms with Crippen molar-refractivity contribution in [3.63, 3.8) is 0 Å². The van der Waals surface area contributed by atoms with Gasteiger partial charge in [0.15, 0.2) is 6.29 Å². The van der Waals surface area contributed by atoms with Crippen LogP contribution in [0, 0.1) is 5.92 Å². The molecule has 1 amide bonds. The highest BCUT2D eigenvalue weighted by Crippen LogP contribution is 2.37. The Labute approximate surface area is 327 Å². The fourth-order valence-corrected chi connectivity index (χ4v) is 7.27. The summed E-state index contributed by atoms with van der Waals surface area (Å²) in [5.74, 6) is -0.0540. The summed E-state index contributed by atoms with van der Waals surface area (Å²) in [6.07, 6.45) is 3.20. The summed E-state index contributed by atoms with van der Waals surface area (Å²) in [5, 5.41) is 2.36. The van der Waals surface area contributed by atoms with E-state index in [1.165, 1.54) is 10.8 Å². The van der Waals surface area contributed by atoms with Crippen molar-refractivity contribution >= 4 is 16.9 Å². The number of piperidine rings is 1. The lowest BCUT2D eigenvalue weighted by Gasteiger charge is -2.44. The molecular weight excluding hydrogens is 695 g/mol. The lowest BCUT2D eigenvalue weighted by molar-refractivity contribution is -0.164. The van der Waals surface area contributed by atoms with E-state index < -0.39 is 5.60 Å². The minimum atomic E-state index is -0.616. The third-order valence-electron chi connectivity index (χ3n) is 10.0. The highest BCUT2D eigenvalue weighted by atomic mass is 16.7. The van der Waals surface area contributed by atoms with E-state index in [0.29, 0.717) is 65.9 Å². The monoisotopic (exact) mass is 753 g/mol. The van der Waals surface area contributed by atoms with Gasteiger partial charge in [-0.05, 0) is 85.5 Å². The summed E-state index contributed by atoms with van der Waals surface area (Å²) in [6, 6.07) is 33.5. The molecule has 4 atom stereocenters. The van der Waals surface area contributed by atoms with Crippen LogP contribution in [0.5, 0.6) is 0 Å². The van der Waals surface area contributed by atoms with Gasteiger partial charge in [-0.2, -0.15) is 0 Å². The maximum Gasteiger partial charge on any atom is 0.410 e. The first-order chi connectivity index (χ1) is 26.8. The van der Waals surface area contributed by atoms with E-state index in [0.717, 1.165) is 54.5 Å². The number of fused-ring (bicyclic) bond motifs is 1. The van der Waals surface area contributed by atoms with Crippen LogP contribution in [-0.4, -0.2) is 81.7 Å². The van der Waals surface area contributed by atoms with Gasteiger partial charge in [0.2, 0.25) is 0 Å². The molecule has 9 nitrogen and oxygen atoms in total. The largest absolute Gasteiger partial charge is 0.444 e. The molecule has 55 heavy (non-hydrogen) atoms. The standard InChI is InChI=1S/C46H59NO8/c1-46(2,3)55-45(48)47-29-41(34-49-23-11-25-53-43-16-9-10-24-52-43)44(42(30-47)54-33-37-19-20-38-14-7-8-15-40(38)28-37)39-21-17-36(18-22-39)32-51-27-26-50-31-35-12-5-4-6-13-35/h4-8,12-15,17-22,28,41-44H,9-11,16,23-27,29-34H2,1-3H3. The minimum Gasteiger partial charge on any atom is -0.444 e. The second kappa shape index (κ2) is 20.9. The number of rotatable bonds is 18. The van der Waals surface area contributed by atoms with E-state index in [1.807, 2.05) is 39.0 Å². The van der Waals surface area contributed by atoms with Gasteiger partial charge in [-0.15, -0.1) is 0 Å². The molecule has 296 valence electrons. The van der Waals surface area contributed by atoms with Crippen LogP contribution in [0.2, 0.25) is 0 Å². The maximum atomic E-state index is 13.6. The molecule has 0 radical (unpaired) electrons. The van der Waals surface area contributed by atoms with Crippen LogP contribution in [0.1, 0.15) is 74.6 Å². The van der Waals surface area contributed by atoms with Gasteiger partial charge in [0, 0.05) is 31.6 Å². The maximum absolute atomic E-state index is 13.6. The second-order valence-corrected chi connectivity index (χ2v) is 15.6. The molecule has 2 aliphatic heterocycles. The van der Waals surface area contributed by atoms with Crippen LogP contribution in [0.15, 0.2) is 97.1 Å². The Morgan fingerprint density at radius 1 is 0.709 bits per heavy atom. The summed E-state index contributed by atoms with van der Waals surface area (Å²) in [7, 11) is 0. The van der Waals surface area contributed by atoms with Crippen molar-refractivity contribution in [3.05, 3.63) is 119 Å². The van der Waals surface area contributed by atoms with Gasteiger partial charge in [-0.25, -0.2) is 4.79 Å². The summed E-state index contributed by atoms with van der Waals surface area (Å²) in [6.45, 7) is 11.5. The van der Waals surface area contributed by atoms with E-state index in [1.54, 1.807) is 4.90 Å². The molecule has 4 aromatic carbocycles. The molecule has 0 aromatic heterocycles. The molecule has 6 rings (SSSR count). The molecule has 2 heterocycles. The Hall–Kier alpha value is -3.83. The van der Waals surface area contributed by atoms with Gasteiger partial charge in [0.1, 0.15) is 5.60 Å². The second-order valence-electron chi connectivity index (χ2n) is 15.6. The van der Waals surface area contributed by atoms with Crippen molar-refractivity contribution in [2.45, 2.75) is 90.2 Å². The van der Waals surface area contributed by atoms with Gasteiger partial charge in [0.25, 0.3) is 0 Å². The predicted octanol–water partition coefficient (Wildman–Crippen LogP) is 9.06. The fourth-order valence-electron chi connectivity index (χ4n) is 7.27. The van der Waals surface area contributed by atoms with Crippen molar-refractivity contribution < 1.29 is 38.0 Å². The SMILES string of the molecule is CC(C)(C)OC(=O)N1CC(COCCCOC2CCCCO2)C(c2ccc(COCCOCc3ccccc3)cc2)C(OCc2ccc3ccccc3c2)C1. The van der Waals surface area contributed by atoms with Crippen molar-refractivity contribution in [1.82, 2.24) is 4.90 Å². The predicted molar refractivity (Wildman–Crippen MR) is 214 cm³/mol. The molecule has 0 aliphatic carbocycles. The number of amides is 1. The summed E-state index contributed by atoms with van der Waals surface area (Å²) in [4.78, 5) is 15.4. The quantitative estimate of drug-likeness (QED) is 0.0932. The molecule has 2 saturated heterocycles. The summed E-state index contributed by atoms with van der Waals surface area (Å²) >= 11 is 0. The number of carbonyl (C=O) groups excluding carboxylic acids is 1. The lowest BCUT2D eigenvalue weighted by atomic mass is 9.78. The number of hydrogen-bond donors (Lipinski definition) is 0. The third-order valence-corrected chi connectivity index (χ3v) is 10.0. The first-order valence-corrected chi connectivity index (χ1v) is 20.0. The first-order valence-electron chi connectivity index (χ1n) is 20.0. The Morgan fingerprint density at radius 3 is 2.15 bits per heavy atom. The van der Waals surface area contributed by atoms with Gasteiger partial charge >= 0.3 is 6.09 Å². The third kappa shape index (κ3) is 13.1. The highest BCUT2D eigenvalue weighted by molar-refractivity contribution is 5.82. The van der Waals surface area contributed by atoms with Crippen LogP contribution in [0.3, 0.4) is 0 Å². The van der Waals surface area contributed by atoms with Gasteiger partial charge in [-0.1, -0.05) is 91.0 Å². The first kappa shape index (κ1) is 40.8. The van der Waals surface area contributed by atoms with E-state index in [2.05, 4.69) is 78.9 Å². The van der Waals surface area contributed by atoms with Crippen LogP contribution >= 0.6 is 0 Å². The molecule has 2 aliphatic rings. The average molecular weight is 754 g/mol. The molecule has 0 spiro atoms. The summed E-state index contributed by atoms with van der Waals surface area (Å²) < 4.78 is 42.5. The number of hydrogen-bond acceptors (Lipinski definition) is 8. The zero-order chi connectivity index (χ0) is 38.3. The number of benzene rings is 4. The van der Waals surface area contributed by atoms with Crippen LogP contribution in [0.25, 0.3) is 10.8 Å². The zero-order valence-corrected chi connectivity index (χ0v) is 32.9. The Balaban J connectivity index is 1.13. The van der Waals surface area contributed by atoms with Crippen LogP contribution < -0.4 is 0 Å². The molecule has 2 fully saturated rings. The highest BCUT2D eigenvalue weighted by Gasteiger charge is 2.41. The fraction of sp³-hybridized carbons (Fsp3) is 0.500. The van der Waals surface area contributed by atoms with Crippen molar-refractivity contribution in [3.8, 4) is 0 Å². The minimum absolute atomic E-state index is 0.0209. The lowest BCUT2D eigenvalue weighted by Crippen LogP contribution is -2.53. The van der Waals surface area contributed by atoms with E-state index in [4.69, 9.17) is 33.2 Å². The Kier molecular flexibility index (Phi) is 15.5. The van der Waals surface area contributed by atoms with E-state index in [-0.39, 0.29) is 30.3 Å². The number of ether oxygens (including phenoxy) is 7. The molecule has 0 saturated carbocycles. The topological polar surface area (TPSA) is 84.9 Å². The molecule has 4 unspecified atom stereocenters. The molecule has 0 N–H and O–H groups in total. The number of likely N-dealkylation sites (tertiary alicyclic amines) is 1. The van der Waals surface area contributed by atoms with Crippen molar-refractivity contribution in [2.75, 3.05) is 52.7 Å². The number of carbonyl (C=O) groups is 1. The van der Waals surface area contributed by atoms with Gasteiger partial charge in [0.05, 0.1) is 58.9 Å². The molecular formula is C46H59NO8. The zero-order valence-electron chi connectivity index (χ0n) is 32.9. The van der Waals surface area contributed by atoms with Crippen molar-refractivity contribution in [1.29, 1.82) is 0 Å². The Bertz CT molecular complexity index is 1720. The number of nitrogens with zero attached hydrogens (tertiary/aromatic N) is 1.